The van der Waals surface area contributed by atoms with Crippen molar-refractivity contribution in [1.82, 2.24) is 4.57 Å². The highest BCUT2D eigenvalue weighted by Gasteiger charge is 2.43. The van der Waals surface area contributed by atoms with E-state index in [1.54, 1.807) is 0 Å². The second kappa shape index (κ2) is 22.7. The highest BCUT2D eigenvalue weighted by Crippen LogP contribution is 2.51. The number of esters is 1. The molecule has 0 radical (unpaired) electrons. The lowest BCUT2D eigenvalue weighted by Gasteiger charge is -2.21. The maximum atomic E-state index is 15.1. The number of hydrogen-bond acceptors (Lipinski definition) is 6. The Hall–Kier alpha value is -10.4. The van der Waals surface area contributed by atoms with Gasteiger partial charge in [0, 0.05) is 43.4 Å². The quantitative estimate of drug-likeness (QED) is 0.0357. The molecular weight excluding hydrogens is 1350 g/mol. The Kier molecular flexibility index (Phi) is 15.8. The number of halogens is 24. The summed E-state index contributed by atoms with van der Waals surface area (Å²) in [4.78, 5) is 56.7. The molecule has 0 aliphatic rings. The normalized spacial score (nSPS) is 13.2. The van der Waals surface area contributed by atoms with Gasteiger partial charge in [0.25, 0.3) is 11.1 Å². The van der Waals surface area contributed by atoms with Crippen molar-refractivity contribution in [1.29, 1.82) is 0 Å². The van der Waals surface area contributed by atoms with Crippen LogP contribution >= 0.6 is 0 Å². The van der Waals surface area contributed by atoms with Crippen LogP contribution in [0.1, 0.15) is 60.4 Å². The molecule has 11 aromatic rings. The SMILES string of the molecule is O=Cc1c(-c2cc(C(F)(F)F)cc(C(F)(F)F)c2)cc(OC(=O)Cc2ccc(-n3c(=O)c4cc(-c5cc(C(F)(F)F)cc(C(F)(F)F)c5)c5oc6ccccc6c6c(-c7cc(C(F)(F)F)cc(C(F)(F)F)c7)cc(c3=O)c4c56)cc2)cc1-c1cc(C(F)(F)F)cc(C(F)(F)F)c1. The van der Waals surface area contributed by atoms with Gasteiger partial charge in [-0.25, -0.2) is 4.57 Å². The Morgan fingerprint density at radius 1 is 0.385 bits per heavy atom. The van der Waals surface area contributed by atoms with Crippen LogP contribution in [0.4, 0.5) is 105 Å². The molecule has 0 N–H and O–H groups in total. The molecule has 96 heavy (non-hydrogen) atoms. The summed E-state index contributed by atoms with van der Waals surface area (Å²) in [5, 5.41) is -3.25. The van der Waals surface area contributed by atoms with E-state index < -0.39 is 211 Å². The molecule has 496 valence electrons. The van der Waals surface area contributed by atoms with E-state index in [1.165, 1.54) is 18.2 Å². The molecule has 0 atom stereocenters. The summed E-state index contributed by atoms with van der Waals surface area (Å²) in [5.41, 5.74) is -29.6. The fraction of sp³-hybridized carbons (Fsp3) is 0.138. The maximum absolute atomic E-state index is 15.1. The predicted molar refractivity (Wildman–Crippen MR) is 295 cm³/mol. The zero-order valence-electron chi connectivity index (χ0n) is 46.6. The summed E-state index contributed by atoms with van der Waals surface area (Å²) in [7, 11) is 0. The van der Waals surface area contributed by atoms with Crippen LogP contribution in [-0.2, 0) is 60.6 Å². The van der Waals surface area contributed by atoms with Crippen molar-refractivity contribution in [3.05, 3.63) is 222 Å². The van der Waals surface area contributed by atoms with Crippen LogP contribution in [0.25, 0.3) is 93.7 Å². The largest absolute Gasteiger partial charge is 0.455 e. The van der Waals surface area contributed by atoms with Crippen molar-refractivity contribution in [3.8, 4) is 55.9 Å². The van der Waals surface area contributed by atoms with Crippen LogP contribution in [0.15, 0.2) is 160 Å². The minimum absolute atomic E-state index is 0.0307. The molecule has 0 fully saturated rings. The van der Waals surface area contributed by atoms with Crippen molar-refractivity contribution < 1.29 is 124 Å². The number of alkyl halides is 24. The highest BCUT2D eigenvalue weighted by molar-refractivity contribution is 6.32. The highest BCUT2D eigenvalue weighted by atomic mass is 19.4. The maximum Gasteiger partial charge on any atom is 0.416 e. The average molecular weight is 1370 g/mol. The number of aromatic nitrogens is 1. The Morgan fingerprint density at radius 3 is 1.09 bits per heavy atom. The van der Waals surface area contributed by atoms with E-state index in [0.29, 0.717) is 16.7 Å². The van der Waals surface area contributed by atoms with Gasteiger partial charge in [-0.2, -0.15) is 105 Å². The van der Waals surface area contributed by atoms with Crippen LogP contribution < -0.4 is 15.9 Å². The van der Waals surface area contributed by atoms with Crippen LogP contribution in [0.5, 0.6) is 5.75 Å². The second-order valence-electron chi connectivity index (χ2n) is 21.5. The summed E-state index contributed by atoms with van der Waals surface area (Å²) in [6.45, 7) is 0. The zero-order valence-corrected chi connectivity index (χ0v) is 46.6. The molecule has 0 saturated heterocycles. The summed E-state index contributed by atoms with van der Waals surface area (Å²) >= 11 is 0. The van der Waals surface area contributed by atoms with Crippen LogP contribution in [-0.4, -0.2) is 16.8 Å². The summed E-state index contributed by atoms with van der Waals surface area (Å²) in [6, 6.07) is 10.8. The lowest BCUT2D eigenvalue weighted by Crippen LogP contribution is -2.32. The van der Waals surface area contributed by atoms with Crippen LogP contribution in [0.3, 0.4) is 0 Å². The van der Waals surface area contributed by atoms with E-state index in [4.69, 9.17) is 9.15 Å². The molecule has 31 heteroatoms. The fourth-order valence-corrected chi connectivity index (χ4v) is 11.0. The van der Waals surface area contributed by atoms with Crippen molar-refractivity contribution in [2.75, 3.05) is 0 Å². The number of hydrogen-bond donors (Lipinski definition) is 0. The number of nitrogens with zero attached hydrogens (tertiary/aromatic N) is 1. The number of rotatable bonds is 9. The molecule has 9 aromatic carbocycles. The van der Waals surface area contributed by atoms with Crippen molar-refractivity contribution in [2.45, 2.75) is 55.8 Å². The average Bonchev–Trinajstić information content (AvgIpc) is 0.693. The molecule has 7 nitrogen and oxygen atoms in total. The van der Waals surface area contributed by atoms with Crippen molar-refractivity contribution in [3.63, 3.8) is 0 Å². The van der Waals surface area contributed by atoms with Gasteiger partial charge in [-0.3, -0.25) is 19.2 Å². The van der Waals surface area contributed by atoms with E-state index >= 15 is 9.59 Å². The number of carbonyl (C=O) groups is 2. The van der Waals surface area contributed by atoms with Gasteiger partial charge in [-0.15, -0.1) is 0 Å². The first-order valence-electron chi connectivity index (χ1n) is 26.8. The first-order valence-corrected chi connectivity index (χ1v) is 26.8. The first-order chi connectivity index (χ1) is 44.3. The third-order valence-corrected chi connectivity index (χ3v) is 15.2. The van der Waals surface area contributed by atoms with Gasteiger partial charge in [0.15, 0.2) is 6.29 Å². The third-order valence-electron chi connectivity index (χ3n) is 15.2. The molecule has 0 amide bonds. The molecule has 0 aliphatic heterocycles. The van der Waals surface area contributed by atoms with E-state index in [-0.39, 0.29) is 95.6 Å². The molecular formula is C65H27F24NO6. The number of pyridine rings is 1. The molecule has 2 aromatic heterocycles. The van der Waals surface area contributed by atoms with Crippen LogP contribution in [0.2, 0.25) is 0 Å². The summed E-state index contributed by atoms with van der Waals surface area (Å²) in [6.07, 6.45) is -45.8. The van der Waals surface area contributed by atoms with Gasteiger partial charge in [-0.1, -0.05) is 30.3 Å². The molecule has 0 bridgehead atoms. The predicted octanol–water partition coefficient (Wildman–Crippen LogP) is 20.6. The van der Waals surface area contributed by atoms with E-state index in [0.717, 1.165) is 42.5 Å². The fourth-order valence-electron chi connectivity index (χ4n) is 11.0. The molecule has 0 aliphatic carbocycles. The third kappa shape index (κ3) is 12.6. The lowest BCUT2D eigenvalue weighted by molar-refractivity contribution is -0.144. The molecule has 0 saturated carbocycles. The summed E-state index contributed by atoms with van der Waals surface area (Å²) < 4.78 is 356. The Morgan fingerprint density at radius 2 is 0.729 bits per heavy atom. The number of benzene rings is 9. The van der Waals surface area contributed by atoms with E-state index in [2.05, 4.69) is 0 Å². The minimum atomic E-state index is -5.59. The van der Waals surface area contributed by atoms with Crippen molar-refractivity contribution in [2.24, 2.45) is 0 Å². The molecule has 0 spiro atoms. The van der Waals surface area contributed by atoms with E-state index in [1.807, 2.05) is 0 Å². The lowest BCUT2D eigenvalue weighted by atomic mass is 9.86. The Balaban J connectivity index is 1.10. The van der Waals surface area contributed by atoms with Crippen molar-refractivity contribution >= 4 is 55.7 Å². The smallest absolute Gasteiger partial charge is 0.416 e. The molecule has 0 unspecified atom stereocenters. The monoisotopic (exact) mass is 1370 g/mol. The van der Waals surface area contributed by atoms with Gasteiger partial charge in [-0.05, 0) is 160 Å². The first kappa shape index (κ1) is 67.1. The topological polar surface area (TPSA) is 95.6 Å². The number of fused-ring (bicyclic) bond motifs is 2. The van der Waals surface area contributed by atoms with Gasteiger partial charge in [0.1, 0.15) is 16.9 Å². The molecule has 11 rings (SSSR count). The Bertz CT molecular complexity index is 4880. The van der Waals surface area contributed by atoms with Gasteiger partial charge < -0.3 is 9.15 Å². The van der Waals surface area contributed by atoms with Gasteiger partial charge in [0.2, 0.25) is 0 Å². The summed E-state index contributed by atoms with van der Waals surface area (Å²) in [5.74, 6) is -2.56. The molecule has 2 heterocycles. The number of ether oxygens (including phenoxy) is 1. The number of aldehydes is 1. The zero-order chi connectivity index (χ0) is 70.3. The number of carbonyl (C=O) groups excluding carboxylic acids is 2. The minimum Gasteiger partial charge on any atom is -0.455 e. The van der Waals surface area contributed by atoms with E-state index in [9.17, 15) is 115 Å². The van der Waals surface area contributed by atoms with Gasteiger partial charge >= 0.3 is 55.4 Å². The second-order valence-corrected chi connectivity index (χ2v) is 21.5. The number of para-hydroxylation sites is 1. The Labute approximate surface area is 516 Å². The van der Waals surface area contributed by atoms with Gasteiger partial charge in [0.05, 0.1) is 56.6 Å². The standard InChI is InChI=1S/C65H27F24NO6/c66-58(67,68)32-10-28(11-33(18-32)59(69,70)71)43-22-41(23-44(49(43)26-91)29-12-34(60(72,73)74)19-35(13-29)61(75,76)77)95-51(92)9-27-5-7-40(8-6-27)90-56(93)47-24-45(30-14-36(62(78,79)80)20-37(15-30)63(81,82)83)52-42-3-1-2-4-50(42)96-55-46(25-48(57(90)94)53(47)54(52)55)31-16-38(64(84,85)86)21-39(17-31)65(87,88)89/h1-8,10-26H,9H2. The van der Waals surface area contributed by atoms with Crippen LogP contribution in [0, 0.1) is 0 Å².